The summed E-state index contributed by atoms with van der Waals surface area (Å²) in [7, 11) is 1.87. The number of piperidine rings is 1. The first-order chi connectivity index (χ1) is 9.25. The fourth-order valence-corrected chi connectivity index (χ4v) is 2.56. The first kappa shape index (κ1) is 14.9. The number of benzene rings is 1. The van der Waals surface area contributed by atoms with E-state index in [4.69, 9.17) is 9.47 Å². The predicted molar refractivity (Wildman–Crippen MR) is 77.8 cm³/mol. The molecule has 0 unspecified atom stereocenters. The van der Waals surface area contributed by atoms with Crippen LogP contribution in [0.5, 0.6) is 11.5 Å². The van der Waals surface area contributed by atoms with Crippen LogP contribution in [0.3, 0.4) is 0 Å². The highest BCUT2D eigenvalue weighted by atomic mass is 35.5. The maximum absolute atomic E-state index is 12.4. The van der Waals surface area contributed by atoms with E-state index in [0.29, 0.717) is 17.1 Å². The fourth-order valence-electron chi connectivity index (χ4n) is 2.56. The number of rotatable bonds is 2. The first-order valence-corrected chi connectivity index (χ1v) is 6.63. The third-order valence-electron chi connectivity index (χ3n) is 3.76. The van der Waals surface area contributed by atoms with Gasteiger partial charge in [0.05, 0.1) is 0 Å². The molecule has 5 nitrogen and oxygen atoms in total. The van der Waals surface area contributed by atoms with Crippen LogP contribution in [-0.2, 0) is 0 Å². The average molecular weight is 299 g/mol. The van der Waals surface area contributed by atoms with Gasteiger partial charge in [-0.3, -0.25) is 4.79 Å². The Morgan fingerprint density at radius 3 is 2.90 bits per heavy atom. The van der Waals surface area contributed by atoms with Crippen molar-refractivity contribution < 1.29 is 14.3 Å². The van der Waals surface area contributed by atoms with Crippen molar-refractivity contribution in [1.82, 2.24) is 10.2 Å². The quantitative estimate of drug-likeness (QED) is 0.902. The van der Waals surface area contributed by atoms with Crippen LogP contribution in [0.2, 0.25) is 0 Å². The van der Waals surface area contributed by atoms with Gasteiger partial charge in [-0.05, 0) is 37.6 Å². The number of fused-ring (bicyclic) bond motifs is 1. The van der Waals surface area contributed by atoms with Gasteiger partial charge in [-0.1, -0.05) is 0 Å². The van der Waals surface area contributed by atoms with Crippen molar-refractivity contribution in [2.24, 2.45) is 0 Å². The zero-order chi connectivity index (χ0) is 13.2. The van der Waals surface area contributed by atoms with Gasteiger partial charge in [0.2, 0.25) is 6.79 Å². The summed E-state index contributed by atoms with van der Waals surface area (Å²) < 4.78 is 10.6. The lowest BCUT2D eigenvalue weighted by molar-refractivity contribution is 0.0708. The largest absolute Gasteiger partial charge is 0.454 e. The SMILES string of the molecule is CN(C(=O)c1ccc2c(c1)OCO2)[C@@H]1CCCNC1.Cl. The van der Waals surface area contributed by atoms with Crippen LogP contribution < -0.4 is 14.8 Å². The molecular weight excluding hydrogens is 280 g/mol. The Kier molecular flexibility index (Phi) is 4.73. The molecule has 1 saturated heterocycles. The molecule has 0 aromatic heterocycles. The zero-order valence-corrected chi connectivity index (χ0v) is 12.2. The molecule has 2 aliphatic heterocycles. The van der Waals surface area contributed by atoms with Gasteiger partial charge < -0.3 is 19.7 Å². The first-order valence-electron chi connectivity index (χ1n) is 6.63. The van der Waals surface area contributed by atoms with Crippen molar-refractivity contribution in [3.63, 3.8) is 0 Å². The van der Waals surface area contributed by atoms with Gasteiger partial charge in [0.1, 0.15) is 0 Å². The maximum Gasteiger partial charge on any atom is 0.254 e. The Morgan fingerprint density at radius 2 is 2.15 bits per heavy atom. The van der Waals surface area contributed by atoms with E-state index < -0.39 is 0 Å². The van der Waals surface area contributed by atoms with Crippen molar-refractivity contribution in [1.29, 1.82) is 0 Å². The van der Waals surface area contributed by atoms with Crippen LogP contribution >= 0.6 is 12.4 Å². The molecule has 1 aromatic carbocycles. The smallest absolute Gasteiger partial charge is 0.254 e. The lowest BCUT2D eigenvalue weighted by atomic mass is 10.1. The van der Waals surface area contributed by atoms with E-state index >= 15 is 0 Å². The molecule has 0 bridgehead atoms. The van der Waals surface area contributed by atoms with E-state index in [2.05, 4.69) is 5.32 Å². The van der Waals surface area contributed by atoms with Gasteiger partial charge >= 0.3 is 0 Å². The second kappa shape index (κ2) is 6.33. The average Bonchev–Trinajstić information content (AvgIpc) is 2.94. The zero-order valence-electron chi connectivity index (χ0n) is 11.4. The Hall–Kier alpha value is -1.46. The van der Waals surface area contributed by atoms with E-state index in [1.807, 2.05) is 11.9 Å². The molecule has 20 heavy (non-hydrogen) atoms. The van der Waals surface area contributed by atoms with Crippen molar-refractivity contribution in [3.05, 3.63) is 23.8 Å². The number of carbonyl (C=O) groups excluding carboxylic acids is 1. The molecule has 0 saturated carbocycles. The lowest BCUT2D eigenvalue weighted by Crippen LogP contribution is -2.46. The van der Waals surface area contributed by atoms with Gasteiger partial charge in [-0.25, -0.2) is 0 Å². The van der Waals surface area contributed by atoms with Crippen molar-refractivity contribution >= 4 is 18.3 Å². The molecular formula is C14H19ClN2O3. The fraction of sp³-hybridized carbons (Fsp3) is 0.500. The van der Waals surface area contributed by atoms with Gasteiger partial charge in [-0.2, -0.15) is 0 Å². The van der Waals surface area contributed by atoms with Crippen LogP contribution in [0.1, 0.15) is 23.2 Å². The highest BCUT2D eigenvalue weighted by molar-refractivity contribution is 5.95. The molecule has 0 spiro atoms. The molecule has 1 atom stereocenters. The Balaban J connectivity index is 0.00000147. The lowest BCUT2D eigenvalue weighted by Gasteiger charge is -2.31. The van der Waals surface area contributed by atoms with E-state index in [1.54, 1.807) is 18.2 Å². The number of amides is 1. The van der Waals surface area contributed by atoms with E-state index in [9.17, 15) is 4.79 Å². The summed E-state index contributed by atoms with van der Waals surface area (Å²) in [4.78, 5) is 14.3. The van der Waals surface area contributed by atoms with Gasteiger partial charge in [0.15, 0.2) is 11.5 Å². The summed E-state index contributed by atoms with van der Waals surface area (Å²) in [5.74, 6) is 1.39. The maximum atomic E-state index is 12.4. The minimum atomic E-state index is 0. The van der Waals surface area contributed by atoms with Crippen LogP contribution in [0.4, 0.5) is 0 Å². The molecule has 1 aromatic rings. The number of hydrogen-bond acceptors (Lipinski definition) is 4. The monoisotopic (exact) mass is 298 g/mol. The normalized spacial score (nSPS) is 20.1. The summed E-state index contributed by atoms with van der Waals surface area (Å²) in [6, 6.07) is 5.62. The molecule has 6 heteroatoms. The number of carbonyl (C=O) groups is 1. The van der Waals surface area contributed by atoms with E-state index in [-0.39, 0.29) is 31.1 Å². The number of halogens is 1. The summed E-state index contributed by atoms with van der Waals surface area (Å²) in [6.45, 7) is 2.14. The second-order valence-corrected chi connectivity index (χ2v) is 4.98. The molecule has 2 aliphatic rings. The van der Waals surface area contributed by atoms with Gasteiger partial charge in [-0.15, -0.1) is 12.4 Å². The van der Waals surface area contributed by atoms with E-state index in [0.717, 1.165) is 25.9 Å². The number of nitrogens with one attached hydrogen (secondary N) is 1. The van der Waals surface area contributed by atoms with E-state index in [1.165, 1.54) is 0 Å². The molecule has 2 heterocycles. The number of likely N-dealkylation sites (N-methyl/N-ethyl adjacent to an activating group) is 1. The van der Waals surface area contributed by atoms with Crippen LogP contribution in [0, 0.1) is 0 Å². The molecule has 1 amide bonds. The number of nitrogens with zero attached hydrogens (tertiary/aromatic N) is 1. The molecule has 3 rings (SSSR count). The third-order valence-corrected chi connectivity index (χ3v) is 3.76. The Morgan fingerprint density at radius 1 is 1.35 bits per heavy atom. The minimum absolute atomic E-state index is 0. The molecule has 110 valence electrons. The van der Waals surface area contributed by atoms with Gasteiger partial charge in [0, 0.05) is 25.2 Å². The topological polar surface area (TPSA) is 50.8 Å². The minimum Gasteiger partial charge on any atom is -0.454 e. The predicted octanol–water partition coefficient (Wildman–Crippen LogP) is 1.66. The molecule has 0 aliphatic carbocycles. The van der Waals surface area contributed by atoms with Crippen LogP contribution in [0.25, 0.3) is 0 Å². The molecule has 1 fully saturated rings. The van der Waals surface area contributed by atoms with Crippen LogP contribution in [-0.4, -0.2) is 43.8 Å². The van der Waals surface area contributed by atoms with Crippen LogP contribution in [0.15, 0.2) is 18.2 Å². The third kappa shape index (κ3) is 2.83. The summed E-state index contributed by atoms with van der Waals surface area (Å²) in [5.41, 5.74) is 0.650. The summed E-state index contributed by atoms with van der Waals surface area (Å²) in [6.07, 6.45) is 2.17. The molecule has 0 radical (unpaired) electrons. The highest BCUT2D eigenvalue weighted by Gasteiger charge is 2.24. The second-order valence-electron chi connectivity index (χ2n) is 4.98. The highest BCUT2D eigenvalue weighted by Crippen LogP contribution is 2.32. The van der Waals surface area contributed by atoms with Crippen molar-refractivity contribution in [3.8, 4) is 11.5 Å². The summed E-state index contributed by atoms with van der Waals surface area (Å²) >= 11 is 0. The standard InChI is InChI=1S/C14H18N2O3.ClH/c1-16(11-3-2-6-15-8-11)14(17)10-4-5-12-13(7-10)19-9-18-12;/h4-5,7,11,15H,2-3,6,8-9H2,1H3;1H/t11-;/m1./s1. The van der Waals surface area contributed by atoms with Crippen molar-refractivity contribution in [2.45, 2.75) is 18.9 Å². The Bertz CT molecular complexity index is 489. The van der Waals surface area contributed by atoms with Crippen molar-refractivity contribution in [2.75, 3.05) is 26.9 Å². The Labute approximate surface area is 124 Å². The van der Waals surface area contributed by atoms with Gasteiger partial charge in [0.25, 0.3) is 5.91 Å². The molecule has 1 N–H and O–H groups in total. The number of ether oxygens (including phenoxy) is 2. The summed E-state index contributed by atoms with van der Waals surface area (Å²) in [5, 5.41) is 3.33. The number of hydrogen-bond donors (Lipinski definition) is 1.